The SMILES string of the molecule is O=[N+]([O-])C[C@@H](Nc1nc2ccccc2s1)c1cccc([N+](=O)[O-])c1. The topological polar surface area (TPSA) is 111 Å². The highest BCUT2D eigenvalue weighted by atomic mass is 32.1. The Balaban J connectivity index is 1.92. The number of thiazole rings is 1. The Morgan fingerprint density at radius 2 is 1.92 bits per heavy atom. The average molecular weight is 344 g/mol. The van der Waals surface area contributed by atoms with Gasteiger partial charge in [0, 0.05) is 17.1 Å². The van der Waals surface area contributed by atoms with Gasteiger partial charge in [-0.1, -0.05) is 35.6 Å². The van der Waals surface area contributed by atoms with Gasteiger partial charge in [0.1, 0.15) is 6.04 Å². The summed E-state index contributed by atoms with van der Waals surface area (Å²) in [5.74, 6) is 0. The molecule has 0 aliphatic rings. The molecule has 0 radical (unpaired) electrons. The zero-order valence-corrected chi connectivity index (χ0v) is 13.1. The van der Waals surface area contributed by atoms with Crippen LogP contribution in [0.4, 0.5) is 10.8 Å². The zero-order chi connectivity index (χ0) is 17.1. The van der Waals surface area contributed by atoms with E-state index in [2.05, 4.69) is 10.3 Å². The smallest absolute Gasteiger partial charge is 0.269 e. The first-order valence-electron chi connectivity index (χ1n) is 7.01. The Hall–Kier alpha value is -3.07. The number of fused-ring (bicyclic) bond motifs is 1. The van der Waals surface area contributed by atoms with Gasteiger partial charge >= 0.3 is 0 Å². The lowest BCUT2D eigenvalue weighted by Crippen LogP contribution is -2.20. The van der Waals surface area contributed by atoms with E-state index in [1.54, 1.807) is 6.07 Å². The van der Waals surface area contributed by atoms with Crippen molar-refractivity contribution in [2.75, 3.05) is 11.9 Å². The van der Waals surface area contributed by atoms with Gasteiger partial charge in [-0.2, -0.15) is 0 Å². The van der Waals surface area contributed by atoms with Crippen molar-refractivity contribution in [2.45, 2.75) is 6.04 Å². The maximum absolute atomic E-state index is 11.0. The number of para-hydroxylation sites is 1. The average Bonchev–Trinajstić information content (AvgIpc) is 2.96. The van der Waals surface area contributed by atoms with E-state index in [1.807, 2.05) is 24.3 Å². The van der Waals surface area contributed by atoms with Crippen LogP contribution in [0.15, 0.2) is 48.5 Å². The van der Waals surface area contributed by atoms with Gasteiger partial charge in [-0.25, -0.2) is 4.98 Å². The number of nitrogens with zero attached hydrogens (tertiary/aromatic N) is 3. The molecule has 2 aromatic carbocycles. The van der Waals surface area contributed by atoms with Crippen LogP contribution in [0.2, 0.25) is 0 Å². The second-order valence-electron chi connectivity index (χ2n) is 5.05. The predicted octanol–water partition coefficient (Wildman–Crippen LogP) is 3.63. The predicted molar refractivity (Wildman–Crippen MR) is 90.9 cm³/mol. The highest BCUT2D eigenvalue weighted by molar-refractivity contribution is 7.22. The first-order chi connectivity index (χ1) is 11.5. The van der Waals surface area contributed by atoms with Crippen LogP contribution in [0.5, 0.6) is 0 Å². The Morgan fingerprint density at radius 3 is 2.62 bits per heavy atom. The number of anilines is 1. The van der Waals surface area contributed by atoms with Crippen LogP contribution in [0.25, 0.3) is 10.2 Å². The normalized spacial score (nSPS) is 12.0. The Kier molecular flexibility index (Phi) is 4.34. The van der Waals surface area contributed by atoms with E-state index in [1.165, 1.54) is 29.5 Å². The first kappa shape index (κ1) is 15.8. The lowest BCUT2D eigenvalue weighted by atomic mass is 10.1. The van der Waals surface area contributed by atoms with Crippen LogP contribution in [-0.4, -0.2) is 21.4 Å². The highest BCUT2D eigenvalue weighted by Crippen LogP contribution is 2.29. The highest BCUT2D eigenvalue weighted by Gasteiger charge is 2.21. The molecular formula is C15H12N4O4S. The number of hydrogen-bond acceptors (Lipinski definition) is 7. The summed E-state index contributed by atoms with van der Waals surface area (Å²) in [5, 5.41) is 25.5. The minimum atomic E-state index is -0.708. The minimum absolute atomic E-state index is 0.105. The molecule has 3 aromatic rings. The second kappa shape index (κ2) is 6.59. The van der Waals surface area contributed by atoms with Crippen molar-refractivity contribution in [1.29, 1.82) is 0 Å². The van der Waals surface area contributed by atoms with Gasteiger partial charge in [-0.3, -0.25) is 20.2 Å². The first-order valence-corrected chi connectivity index (χ1v) is 7.83. The Bertz CT molecular complexity index is 878. The van der Waals surface area contributed by atoms with E-state index in [0.29, 0.717) is 10.7 Å². The largest absolute Gasteiger partial charge is 0.348 e. The van der Waals surface area contributed by atoms with Crippen LogP contribution in [-0.2, 0) is 0 Å². The number of benzene rings is 2. The van der Waals surface area contributed by atoms with Crippen LogP contribution < -0.4 is 5.32 Å². The Morgan fingerprint density at radius 1 is 1.12 bits per heavy atom. The van der Waals surface area contributed by atoms with Crippen molar-refractivity contribution in [3.63, 3.8) is 0 Å². The minimum Gasteiger partial charge on any atom is -0.348 e. The molecule has 24 heavy (non-hydrogen) atoms. The number of rotatable bonds is 6. The maximum atomic E-state index is 11.0. The number of nitro groups is 2. The van der Waals surface area contributed by atoms with E-state index in [0.717, 1.165) is 10.2 Å². The van der Waals surface area contributed by atoms with Gasteiger partial charge in [0.15, 0.2) is 5.13 Å². The molecule has 122 valence electrons. The molecule has 9 heteroatoms. The number of nitrogens with one attached hydrogen (secondary N) is 1. The van der Waals surface area contributed by atoms with Gasteiger partial charge < -0.3 is 5.32 Å². The molecule has 1 N–H and O–H groups in total. The fourth-order valence-corrected chi connectivity index (χ4v) is 3.24. The van der Waals surface area contributed by atoms with E-state index in [4.69, 9.17) is 0 Å². The van der Waals surface area contributed by atoms with Gasteiger partial charge in [0.25, 0.3) is 5.69 Å². The molecule has 1 heterocycles. The molecular weight excluding hydrogens is 332 g/mol. The number of aromatic nitrogens is 1. The fraction of sp³-hybridized carbons (Fsp3) is 0.133. The number of nitro benzene ring substituents is 1. The van der Waals surface area contributed by atoms with E-state index in [-0.39, 0.29) is 5.69 Å². The van der Waals surface area contributed by atoms with E-state index < -0.39 is 22.4 Å². The molecule has 0 amide bonds. The molecule has 0 saturated heterocycles. The van der Waals surface area contributed by atoms with Crippen LogP contribution in [0, 0.1) is 20.2 Å². The number of non-ortho nitro benzene ring substituents is 1. The summed E-state index contributed by atoms with van der Waals surface area (Å²) >= 11 is 1.38. The maximum Gasteiger partial charge on any atom is 0.269 e. The molecule has 0 saturated carbocycles. The third-order valence-electron chi connectivity index (χ3n) is 3.41. The van der Waals surface area contributed by atoms with Crippen LogP contribution in [0.3, 0.4) is 0 Å². The van der Waals surface area contributed by atoms with Crippen molar-refractivity contribution in [1.82, 2.24) is 4.98 Å². The summed E-state index contributed by atoms with van der Waals surface area (Å²) in [7, 11) is 0. The van der Waals surface area contributed by atoms with Crippen molar-refractivity contribution in [2.24, 2.45) is 0 Å². The molecule has 0 fully saturated rings. The summed E-state index contributed by atoms with van der Waals surface area (Å²) in [5.41, 5.74) is 1.16. The van der Waals surface area contributed by atoms with Gasteiger partial charge in [-0.05, 0) is 17.7 Å². The molecule has 1 aromatic heterocycles. The third kappa shape index (κ3) is 3.46. The van der Waals surface area contributed by atoms with Crippen molar-refractivity contribution in [3.05, 3.63) is 74.3 Å². The van der Waals surface area contributed by atoms with Gasteiger partial charge in [0.2, 0.25) is 6.54 Å². The fourth-order valence-electron chi connectivity index (χ4n) is 2.32. The summed E-state index contributed by atoms with van der Waals surface area (Å²) in [6.45, 7) is -0.406. The zero-order valence-electron chi connectivity index (χ0n) is 12.3. The molecule has 3 rings (SSSR count). The molecule has 0 bridgehead atoms. The molecule has 0 aliphatic heterocycles. The lowest BCUT2D eigenvalue weighted by molar-refractivity contribution is -0.482. The molecule has 1 atom stereocenters. The summed E-state index contributed by atoms with van der Waals surface area (Å²) in [6, 6.07) is 12.6. The summed E-state index contributed by atoms with van der Waals surface area (Å²) in [4.78, 5) is 25.3. The molecule has 0 unspecified atom stereocenters. The molecule has 0 aliphatic carbocycles. The monoisotopic (exact) mass is 344 g/mol. The van der Waals surface area contributed by atoms with Crippen molar-refractivity contribution >= 4 is 32.4 Å². The number of hydrogen-bond donors (Lipinski definition) is 1. The third-order valence-corrected chi connectivity index (χ3v) is 4.37. The summed E-state index contributed by atoms with van der Waals surface area (Å²) < 4.78 is 0.957. The standard InChI is InChI=1S/C15H12N4O4S/c20-18(21)9-13(10-4-3-5-11(8-10)19(22)23)17-15-16-12-6-1-2-7-14(12)24-15/h1-8,13H,9H2,(H,16,17)/t13-/m1/s1. The van der Waals surface area contributed by atoms with Crippen molar-refractivity contribution < 1.29 is 9.85 Å². The second-order valence-corrected chi connectivity index (χ2v) is 6.08. The van der Waals surface area contributed by atoms with Gasteiger partial charge in [-0.15, -0.1) is 0 Å². The van der Waals surface area contributed by atoms with Gasteiger partial charge in [0.05, 0.1) is 15.1 Å². The van der Waals surface area contributed by atoms with Crippen molar-refractivity contribution in [3.8, 4) is 0 Å². The van der Waals surface area contributed by atoms with Crippen LogP contribution >= 0.6 is 11.3 Å². The quantitative estimate of drug-likeness (QED) is 0.540. The Labute approximate surface area is 140 Å². The molecule has 8 nitrogen and oxygen atoms in total. The van der Waals surface area contributed by atoms with Crippen LogP contribution in [0.1, 0.15) is 11.6 Å². The van der Waals surface area contributed by atoms with E-state index in [9.17, 15) is 20.2 Å². The lowest BCUT2D eigenvalue weighted by Gasteiger charge is -2.14. The molecule has 0 spiro atoms. The summed E-state index contributed by atoms with van der Waals surface area (Å²) in [6.07, 6.45) is 0. The van der Waals surface area contributed by atoms with E-state index >= 15 is 0 Å².